The Morgan fingerprint density at radius 1 is 1.16 bits per heavy atom. The highest BCUT2D eigenvalue weighted by Gasteiger charge is 2.43. The van der Waals surface area contributed by atoms with E-state index in [2.05, 4.69) is 0 Å². The topological polar surface area (TPSA) is 52.6 Å². The van der Waals surface area contributed by atoms with E-state index in [1.54, 1.807) is 24.3 Å². The second kappa shape index (κ2) is 6.26. The molecule has 0 aliphatic rings. The van der Waals surface area contributed by atoms with Crippen LogP contribution < -0.4 is 4.74 Å². The number of halogens is 2. The first-order chi connectivity index (χ1) is 8.78. The molecule has 0 radical (unpaired) electrons. The zero-order valence-electron chi connectivity index (χ0n) is 10.8. The van der Waals surface area contributed by atoms with Crippen molar-refractivity contribution in [1.29, 1.82) is 0 Å². The lowest BCUT2D eigenvalue weighted by Gasteiger charge is -2.27. The Bertz CT molecular complexity index is 468. The van der Waals surface area contributed by atoms with Gasteiger partial charge in [0, 0.05) is 6.92 Å². The molecule has 6 heteroatoms. The van der Waals surface area contributed by atoms with Crippen molar-refractivity contribution < 1.29 is 19.1 Å². The molecule has 104 valence electrons. The van der Waals surface area contributed by atoms with Gasteiger partial charge in [0.1, 0.15) is 5.75 Å². The number of hydrogen-bond acceptors (Lipinski definition) is 4. The molecular weight excluding hydrogens is 291 g/mol. The summed E-state index contributed by atoms with van der Waals surface area (Å²) in [5, 5.41) is 0. The van der Waals surface area contributed by atoms with Crippen molar-refractivity contribution in [2.24, 2.45) is 0 Å². The molecular formula is C13H14Cl2O4. The minimum absolute atomic E-state index is 0.502. The third kappa shape index (κ3) is 3.85. The van der Waals surface area contributed by atoms with E-state index in [9.17, 15) is 9.59 Å². The van der Waals surface area contributed by atoms with Gasteiger partial charge in [-0.1, -0.05) is 35.3 Å². The van der Waals surface area contributed by atoms with Crippen LogP contribution in [0, 0.1) is 0 Å². The van der Waals surface area contributed by atoms with Gasteiger partial charge in [-0.05, 0) is 24.6 Å². The molecule has 1 atom stereocenters. The first-order valence-electron chi connectivity index (χ1n) is 5.49. The Kier molecular flexibility index (Phi) is 5.20. The molecule has 0 aliphatic carbocycles. The van der Waals surface area contributed by atoms with Crippen molar-refractivity contribution >= 4 is 35.0 Å². The van der Waals surface area contributed by atoms with Gasteiger partial charge < -0.3 is 9.47 Å². The van der Waals surface area contributed by atoms with Gasteiger partial charge >= 0.3 is 5.97 Å². The summed E-state index contributed by atoms with van der Waals surface area (Å²) in [6, 6.07) is 6.59. The summed E-state index contributed by atoms with van der Waals surface area (Å²) in [6.45, 7) is 2.46. The monoisotopic (exact) mass is 304 g/mol. The Morgan fingerprint density at radius 3 is 2.05 bits per heavy atom. The molecule has 0 spiro atoms. The van der Waals surface area contributed by atoms with Crippen LogP contribution in [-0.2, 0) is 14.3 Å². The summed E-state index contributed by atoms with van der Waals surface area (Å²) in [6.07, 6.45) is -1.07. The molecule has 1 rings (SSSR count). The van der Waals surface area contributed by atoms with Crippen LogP contribution >= 0.6 is 23.2 Å². The summed E-state index contributed by atoms with van der Waals surface area (Å²) in [5.41, 5.74) is 0.510. The molecule has 0 amide bonds. The van der Waals surface area contributed by atoms with E-state index in [0.29, 0.717) is 11.3 Å². The number of Topliss-reactive ketones (excluding diaryl/α,β-unsaturated/α-hetero) is 1. The predicted octanol–water partition coefficient (Wildman–Crippen LogP) is 3.06. The van der Waals surface area contributed by atoms with Crippen molar-refractivity contribution in [2.75, 3.05) is 7.11 Å². The molecule has 0 saturated carbocycles. The molecule has 4 nitrogen and oxygen atoms in total. The third-order valence-electron chi connectivity index (χ3n) is 2.50. The average Bonchev–Trinajstić information content (AvgIpc) is 2.35. The number of hydrogen-bond donors (Lipinski definition) is 0. The largest absolute Gasteiger partial charge is 0.497 e. The van der Waals surface area contributed by atoms with Crippen LogP contribution in [0.15, 0.2) is 24.3 Å². The smallest absolute Gasteiger partial charge is 0.303 e. The maximum atomic E-state index is 11.5. The van der Waals surface area contributed by atoms with Crippen molar-refractivity contribution in [3.05, 3.63) is 29.8 Å². The van der Waals surface area contributed by atoms with E-state index in [-0.39, 0.29) is 0 Å². The van der Waals surface area contributed by atoms with Crippen LogP contribution in [0.3, 0.4) is 0 Å². The minimum Gasteiger partial charge on any atom is -0.497 e. The first-order valence-corrected chi connectivity index (χ1v) is 6.24. The molecule has 0 fully saturated rings. The highest BCUT2D eigenvalue weighted by Crippen LogP contribution is 2.40. The van der Waals surface area contributed by atoms with Crippen molar-refractivity contribution in [1.82, 2.24) is 0 Å². The van der Waals surface area contributed by atoms with Gasteiger partial charge in [0.15, 0.2) is 11.9 Å². The standard InChI is InChI=1S/C13H14Cl2O4/c1-8(16)13(14,15)12(19-9(2)17)10-4-6-11(18-3)7-5-10/h4-7,12H,1-3H3. The Morgan fingerprint density at radius 2 is 1.68 bits per heavy atom. The molecule has 0 bridgehead atoms. The average molecular weight is 305 g/mol. The Labute approximate surface area is 121 Å². The maximum Gasteiger partial charge on any atom is 0.303 e. The van der Waals surface area contributed by atoms with Gasteiger partial charge in [0.25, 0.3) is 0 Å². The molecule has 0 aliphatic heterocycles. The number of methoxy groups -OCH3 is 1. The summed E-state index contributed by atoms with van der Waals surface area (Å²) < 4.78 is 8.26. The van der Waals surface area contributed by atoms with E-state index < -0.39 is 22.2 Å². The summed E-state index contributed by atoms with van der Waals surface area (Å²) >= 11 is 12.0. The van der Waals surface area contributed by atoms with E-state index >= 15 is 0 Å². The maximum absolute atomic E-state index is 11.5. The fourth-order valence-corrected chi connectivity index (χ4v) is 1.82. The molecule has 1 unspecified atom stereocenters. The SMILES string of the molecule is COc1ccc(C(OC(C)=O)C(Cl)(Cl)C(C)=O)cc1. The van der Waals surface area contributed by atoms with Crippen LogP contribution in [0.4, 0.5) is 0 Å². The highest BCUT2D eigenvalue weighted by molar-refractivity contribution is 6.58. The molecule has 19 heavy (non-hydrogen) atoms. The van der Waals surface area contributed by atoms with Gasteiger partial charge in [0.05, 0.1) is 7.11 Å². The molecule has 0 aromatic heterocycles. The lowest BCUT2D eigenvalue weighted by Crippen LogP contribution is -2.34. The number of rotatable bonds is 5. The minimum atomic E-state index is -1.83. The number of alkyl halides is 2. The lowest BCUT2D eigenvalue weighted by atomic mass is 10.0. The normalized spacial score (nSPS) is 12.7. The second-order valence-electron chi connectivity index (χ2n) is 3.94. The summed E-state index contributed by atoms with van der Waals surface area (Å²) in [5.74, 6) is -0.450. The van der Waals surface area contributed by atoms with E-state index in [4.69, 9.17) is 32.7 Å². The van der Waals surface area contributed by atoms with Crippen LogP contribution in [0.1, 0.15) is 25.5 Å². The number of carbonyl (C=O) groups excluding carboxylic acids is 2. The highest BCUT2D eigenvalue weighted by atomic mass is 35.5. The predicted molar refractivity (Wildman–Crippen MR) is 72.6 cm³/mol. The summed E-state index contributed by atoms with van der Waals surface area (Å²) in [4.78, 5) is 22.6. The Hall–Kier alpha value is -1.26. The molecule has 1 aromatic rings. The van der Waals surface area contributed by atoms with E-state index in [0.717, 1.165) is 0 Å². The van der Waals surface area contributed by atoms with Crippen LogP contribution in [0.5, 0.6) is 5.75 Å². The fourth-order valence-electron chi connectivity index (χ4n) is 1.48. The molecule has 0 heterocycles. The second-order valence-corrected chi connectivity index (χ2v) is 5.33. The number of benzene rings is 1. The van der Waals surface area contributed by atoms with Crippen LogP contribution in [0.25, 0.3) is 0 Å². The molecule has 1 aromatic carbocycles. The van der Waals surface area contributed by atoms with E-state index in [1.807, 2.05) is 0 Å². The van der Waals surface area contributed by atoms with Crippen LogP contribution in [-0.4, -0.2) is 23.2 Å². The zero-order chi connectivity index (χ0) is 14.6. The van der Waals surface area contributed by atoms with E-state index in [1.165, 1.54) is 21.0 Å². The van der Waals surface area contributed by atoms with Crippen LogP contribution in [0.2, 0.25) is 0 Å². The molecule has 0 N–H and O–H groups in total. The molecule has 0 saturated heterocycles. The van der Waals surface area contributed by atoms with Crippen molar-refractivity contribution in [3.63, 3.8) is 0 Å². The van der Waals surface area contributed by atoms with Gasteiger partial charge in [0.2, 0.25) is 4.33 Å². The quantitative estimate of drug-likeness (QED) is 0.620. The van der Waals surface area contributed by atoms with Gasteiger partial charge in [-0.15, -0.1) is 0 Å². The third-order valence-corrected chi connectivity index (χ3v) is 3.43. The number of ether oxygens (including phenoxy) is 2. The summed E-state index contributed by atoms with van der Waals surface area (Å²) in [7, 11) is 1.53. The van der Waals surface area contributed by atoms with Gasteiger partial charge in [-0.2, -0.15) is 0 Å². The first kappa shape index (κ1) is 15.8. The van der Waals surface area contributed by atoms with Gasteiger partial charge in [-0.25, -0.2) is 0 Å². The zero-order valence-corrected chi connectivity index (χ0v) is 12.3. The number of ketones is 1. The van der Waals surface area contributed by atoms with Gasteiger partial charge in [-0.3, -0.25) is 9.59 Å². The number of esters is 1. The van der Waals surface area contributed by atoms with Crippen molar-refractivity contribution in [2.45, 2.75) is 24.3 Å². The van der Waals surface area contributed by atoms with Crippen molar-refractivity contribution in [3.8, 4) is 5.75 Å². The number of carbonyl (C=O) groups is 2. The Balaban J connectivity index is 3.15. The fraction of sp³-hybridized carbons (Fsp3) is 0.385. The lowest BCUT2D eigenvalue weighted by molar-refractivity contribution is -0.148.